The molecule has 2 aromatic heterocycles. The van der Waals surface area contributed by atoms with Crippen LogP contribution in [0.15, 0.2) is 18.5 Å². The van der Waals surface area contributed by atoms with Gasteiger partial charge in [-0.2, -0.15) is 5.10 Å². The maximum atomic E-state index is 5.67. The molecule has 0 saturated heterocycles. The molecule has 0 amide bonds. The molecule has 4 heteroatoms. The van der Waals surface area contributed by atoms with Crippen molar-refractivity contribution in [1.29, 1.82) is 0 Å². The molecule has 84 valence electrons. The molecule has 1 aliphatic rings. The molecule has 0 spiro atoms. The summed E-state index contributed by atoms with van der Waals surface area (Å²) in [5, 5.41) is 4.65. The molecule has 16 heavy (non-hydrogen) atoms. The molecular weight excluding hydrogens is 200 g/mol. The monoisotopic (exact) mass is 216 g/mol. The van der Waals surface area contributed by atoms with Crippen LogP contribution in [0.3, 0.4) is 0 Å². The van der Waals surface area contributed by atoms with E-state index in [1.54, 1.807) is 0 Å². The number of hydrogen-bond donors (Lipinski definition) is 1. The molecule has 4 nitrogen and oxygen atoms in total. The Morgan fingerprint density at radius 3 is 3.00 bits per heavy atom. The molecule has 1 aliphatic carbocycles. The molecule has 0 radical (unpaired) electrons. The van der Waals surface area contributed by atoms with Crippen molar-refractivity contribution in [2.75, 3.05) is 6.54 Å². The minimum atomic E-state index is 0.642. The number of nitrogens with zero attached hydrogens (tertiary/aromatic N) is 3. The Labute approximate surface area is 94.5 Å². The zero-order valence-electron chi connectivity index (χ0n) is 9.26. The molecule has 0 aliphatic heterocycles. The topological polar surface area (TPSA) is 56.2 Å². The van der Waals surface area contributed by atoms with Crippen molar-refractivity contribution in [3.63, 3.8) is 0 Å². The highest BCUT2D eigenvalue weighted by molar-refractivity contribution is 5.51. The van der Waals surface area contributed by atoms with Crippen molar-refractivity contribution >= 4 is 5.65 Å². The standard InChI is InChI=1S/C12H16N4/c13-6-5-10-11(9-3-1-4-9)15-16-8-2-7-14-12(10)16/h2,7-9H,1,3-6,13H2. The number of nitrogens with two attached hydrogens (primary N) is 1. The average molecular weight is 216 g/mol. The van der Waals surface area contributed by atoms with Gasteiger partial charge in [0.1, 0.15) is 0 Å². The smallest absolute Gasteiger partial charge is 0.158 e. The van der Waals surface area contributed by atoms with Crippen LogP contribution in [0.25, 0.3) is 5.65 Å². The van der Waals surface area contributed by atoms with Crippen LogP contribution >= 0.6 is 0 Å². The normalized spacial score (nSPS) is 16.6. The molecule has 1 saturated carbocycles. The molecule has 0 bridgehead atoms. The number of aromatic nitrogens is 3. The summed E-state index contributed by atoms with van der Waals surface area (Å²) in [6.07, 6.45) is 8.52. The van der Waals surface area contributed by atoms with Crippen LogP contribution in [0.2, 0.25) is 0 Å². The summed E-state index contributed by atoms with van der Waals surface area (Å²) in [6.45, 7) is 0.664. The fourth-order valence-corrected chi connectivity index (χ4v) is 2.35. The Morgan fingerprint density at radius 1 is 1.44 bits per heavy atom. The number of rotatable bonds is 3. The molecule has 2 N–H and O–H groups in total. The summed E-state index contributed by atoms with van der Waals surface area (Å²) < 4.78 is 1.89. The summed E-state index contributed by atoms with van der Waals surface area (Å²) in [6, 6.07) is 1.91. The molecule has 1 fully saturated rings. The second-order valence-electron chi connectivity index (χ2n) is 4.42. The van der Waals surface area contributed by atoms with E-state index in [0.29, 0.717) is 12.5 Å². The fraction of sp³-hybridized carbons (Fsp3) is 0.500. The zero-order chi connectivity index (χ0) is 11.0. The van der Waals surface area contributed by atoms with E-state index in [9.17, 15) is 0 Å². The summed E-state index contributed by atoms with van der Waals surface area (Å²) in [4.78, 5) is 4.41. The molecule has 3 rings (SSSR count). The second-order valence-corrected chi connectivity index (χ2v) is 4.42. The highest BCUT2D eigenvalue weighted by Gasteiger charge is 2.26. The lowest BCUT2D eigenvalue weighted by molar-refractivity contribution is 0.407. The van der Waals surface area contributed by atoms with Crippen LogP contribution in [-0.2, 0) is 6.42 Å². The van der Waals surface area contributed by atoms with Gasteiger partial charge in [0.2, 0.25) is 0 Å². The number of hydrogen-bond acceptors (Lipinski definition) is 3. The van der Waals surface area contributed by atoms with Crippen LogP contribution in [0.4, 0.5) is 0 Å². The maximum absolute atomic E-state index is 5.67. The number of fused-ring (bicyclic) bond motifs is 1. The fourth-order valence-electron chi connectivity index (χ4n) is 2.35. The average Bonchev–Trinajstić information content (AvgIpc) is 2.56. The SMILES string of the molecule is NCCc1c(C2CCC2)nn2cccnc12. The largest absolute Gasteiger partial charge is 0.330 e. The quantitative estimate of drug-likeness (QED) is 0.845. The first-order valence-electron chi connectivity index (χ1n) is 5.92. The Bertz CT molecular complexity index is 499. The first kappa shape index (κ1) is 9.78. The third-order valence-electron chi connectivity index (χ3n) is 3.41. The van der Waals surface area contributed by atoms with Crippen molar-refractivity contribution in [3.8, 4) is 0 Å². The van der Waals surface area contributed by atoms with Crippen molar-refractivity contribution in [1.82, 2.24) is 14.6 Å². The van der Waals surface area contributed by atoms with Crippen molar-refractivity contribution in [3.05, 3.63) is 29.7 Å². The van der Waals surface area contributed by atoms with E-state index in [1.165, 1.54) is 30.5 Å². The van der Waals surface area contributed by atoms with E-state index in [2.05, 4.69) is 10.1 Å². The van der Waals surface area contributed by atoms with Crippen LogP contribution < -0.4 is 5.73 Å². The Balaban J connectivity index is 2.13. The first-order chi connectivity index (χ1) is 7.90. The van der Waals surface area contributed by atoms with Crippen LogP contribution in [0.1, 0.15) is 36.4 Å². The predicted molar refractivity (Wildman–Crippen MR) is 62.3 cm³/mol. The van der Waals surface area contributed by atoms with Crippen LogP contribution in [0.5, 0.6) is 0 Å². The van der Waals surface area contributed by atoms with E-state index < -0.39 is 0 Å². The Morgan fingerprint density at radius 2 is 2.31 bits per heavy atom. The Hall–Kier alpha value is -1.42. The van der Waals surface area contributed by atoms with Gasteiger partial charge in [-0.15, -0.1) is 0 Å². The maximum Gasteiger partial charge on any atom is 0.158 e. The van der Waals surface area contributed by atoms with Crippen LogP contribution in [0, 0.1) is 0 Å². The highest BCUT2D eigenvalue weighted by atomic mass is 15.3. The molecule has 2 heterocycles. The van der Waals surface area contributed by atoms with Gasteiger partial charge in [-0.3, -0.25) is 0 Å². The van der Waals surface area contributed by atoms with Gasteiger partial charge in [0.05, 0.1) is 5.69 Å². The molecule has 0 aromatic carbocycles. The van der Waals surface area contributed by atoms with Gasteiger partial charge >= 0.3 is 0 Å². The van der Waals surface area contributed by atoms with Gasteiger partial charge in [-0.1, -0.05) is 6.42 Å². The van der Waals surface area contributed by atoms with Gasteiger partial charge in [0, 0.05) is 23.9 Å². The van der Waals surface area contributed by atoms with E-state index in [0.717, 1.165) is 12.1 Å². The summed E-state index contributed by atoms with van der Waals surface area (Å²) in [5.41, 5.74) is 9.14. The zero-order valence-corrected chi connectivity index (χ0v) is 9.26. The third kappa shape index (κ3) is 1.41. The molecular formula is C12H16N4. The van der Waals surface area contributed by atoms with Gasteiger partial charge in [-0.25, -0.2) is 9.50 Å². The predicted octanol–water partition coefficient (Wildman–Crippen LogP) is 1.50. The Kier molecular flexibility index (Phi) is 2.36. The minimum Gasteiger partial charge on any atom is -0.330 e. The van der Waals surface area contributed by atoms with E-state index >= 15 is 0 Å². The lowest BCUT2D eigenvalue weighted by Crippen LogP contribution is -2.13. The van der Waals surface area contributed by atoms with Crippen molar-refractivity contribution in [2.45, 2.75) is 31.6 Å². The lowest BCUT2D eigenvalue weighted by atomic mass is 9.81. The molecule has 0 atom stereocenters. The van der Waals surface area contributed by atoms with Gasteiger partial charge < -0.3 is 5.73 Å². The highest BCUT2D eigenvalue weighted by Crippen LogP contribution is 2.38. The van der Waals surface area contributed by atoms with E-state index in [4.69, 9.17) is 5.73 Å². The summed E-state index contributed by atoms with van der Waals surface area (Å²) >= 11 is 0. The van der Waals surface area contributed by atoms with Crippen LogP contribution in [-0.4, -0.2) is 21.1 Å². The van der Waals surface area contributed by atoms with Gasteiger partial charge in [0.15, 0.2) is 5.65 Å². The first-order valence-corrected chi connectivity index (χ1v) is 5.92. The molecule has 2 aromatic rings. The van der Waals surface area contributed by atoms with Gasteiger partial charge in [0.25, 0.3) is 0 Å². The van der Waals surface area contributed by atoms with Crippen molar-refractivity contribution < 1.29 is 0 Å². The summed E-state index contributed by atoms with van der Waals surface area (Å²) in [5.74, 6) is 0.642. The molecule has 0 unspecified atom stereocenters. The van der Waals surface area contributed by atoms with E-state index in [-0.39, 0.29) is 0 Å². The third-order valence-corrected chi connectivity index (χ3v) is 3.41. The second kappa shape index (κ2) is 3.87. The van der Waals surface area contributed by atoms with Crippen molar-refractivity contribution in [2.24, 2.45) is 5.73 Å². The minimum absolute atomic E-state index is 0.642. The lowest BCUT2D eigenvalue weighted by Gasteiger charge is -2.24. The van der Waals surface area contributed by atoms with Gasteiger partial charge in [-0.05, 0) is 31.9 Å². The summed E-state index contributed by atoms with van der Waals surface area (Å²) in [7, 11) is 0. The van der Waals surface area contributed by atoms with E-state index in [1.807, 2.05) is 23.0 Å².